The first-order chi connectivity index (χ1) is 10.2. The summed E-state index contributed by atoms with van der Waals surface area (Å²) in [5.41, 5.74) is 2.37. The van der Waals surface area contributed by atoms with Crippen molar-refractivity contribution in [2.45, 2.75) is 58.5 Å². The van der Waals surface area contributed by atoms with Crippen LogP contribution in [0.2, 0.25) is 0 Å². The van der Waals surface area contributed by atoms with E-state index in [1.165, 1.54) is 37.6 Å². The molecule has 3 nitrogen and oxygen atoms in total. The molecular formula is C18H27N3. The molecule has 3 rings (SSSR count). The van der Waals surface area contributed by atoms with E-state index in [1.54, 1.807) is 0 Å². The predicted molar refractivity (Wildman–Crippen MR) is 88.5 cm³/mol. The molecule has 0 saturated heterocycles. The molecule has 2 atom stereocenters. The smallest absolute Gasteiger partial charge is 0.106 e. The number of hydrogen-bond acceptors (Lipinski definition) is 2. The Kier molecular flexibility index (Phi) is 4.59. The molecule has 1 fully saturated rings. The van der Waals surface area contributed by atoms with Crippen molar-refractivity contribution in [3.8, 4) is 0 Å². The molecule has 1 heterocycles. The Morgan fingerprint density at radius 1 is 1.19 bits per heavy atom. The number of rotatable bonds is 4. The molecule has 0 spiro atoms. The first kappa shape index (κ1) is 14.6. The third-order valence-electron chi connectivity index (χ3n) is 4.87. The number of nitrogens with zero attached hydrogens (tertiary/aromatic N) is 2. The first-order valence-corrected chi connectivity index (χ1v) is 8.39. The fourth-order valence-corrected chi connectivity index (χ4v) is 3.55. The number of imidazole rings is 1. The molecule has 2 unspecified atom stereocenters. The molecule has 0 bridgehead atoms. The largest absolute Gasteiger partial charge is 0.327 e. The van der Waals surface area contributed by atoms with Gasteiger partial charge in [0, 0.05) is 19.1 Å². The average Bonchev–Trinajstić information content (AvgIpc) is 2.65. The van der Waals surface area contributed by atoms with Crippen LogP contribution < -0.4 is 5.32 Å². The van der Waals surface area contributed by atoms with Gasteiger partial charge in [-0.3, -0.25) is 0 Å². The zero-order valence-electron chi connectivity index (χ0n) is 13.3. The monoisotopic (exact) mass is 285 g/mol. The van der Waals surface area contributed by atoms with Crippen molar-refractivity contribution >= 4 is 11.0 Å². The molecule has 0 amide bonds. The van der Waals surface area contributed by atoms with Crippen LogP contribution in [-0.4, -0.2) is 22.1 Å². The number of hydrogen-bond donors (Lipinski definition) is 1. The normalized spacial score (nSPS) is 23.3. The van der Waals surface area contributed by atoms with Gasteiger partial charge in [-0.15, -0.1) is 0 Å². The highest BCUT2D eigenvalue weighted by Crippen LogP contribution is 2.22. The van der Waals surface area contributed by atoms with E-state index in [-0.39, 0.29) is 0 Å². The molecule has 21 heavy (non-hydrogen) atoms. The maximum atomic E-state index is 4.64. The second-order valence-corrected chi connectivity index (χ2v) is 6.56. The minimum atomic E-state index is 0.713. The predicted octanol–water partition coefficient (Wildman–Crippen LogP) is 3.90. The zero-order chi connectivity index (χ0) is 14.7. The van der Waals surface area contributed by atoms with E-state index in [4.69, 9.17) is 0 Å². The van der Waals surface area contributed by atoms with Crippen LogP contribution in [0.1, 0.15) is 44.9 Å². The van der Waals surface area contributed by atoms with Crippen LogP contribution in [0.25, 0.3) is 11.0 Å². The second kappa shape index (κ2) is 6.61. The van der Waals surface area contributed by atoms with E-state index in [9.17, 15) is 0 Å². The van der Waals surface area contributed by atoms with Gasteiger partial charge in [0.2, 0.25) is 0 Å². The van der Waals surface area contributed by atoms with Crippen molar-refractivity contribution in [2.24, 2.45) is 5.92 Å². The quantitative estimate of drug-likeness (QED) is 0.863. The van der Waals surface area contributed by atoms with Crippen molar-refractivity contribution in [2.75, 3.05) is 6.54 Å². The number of benzene rings is 1. The number of para-hydroxylation sites is 2. The van der Waals surface area contributed by atoms with Gasteiger partial charge in [-0.2, -0.15) is 0 Å². The van der Waals surface area contributed by atoms with Crippen molar-refractivity contribution in [1.82, 2.24) is 14.9 Å². The molecule has 1 saturated carbocycles. The standard InChI is InChI=1S/C18H27N3/c1-14-6-5-7-16(11-10-14)19-12-13-21-15(2)20-17-8-3-4-9-18(17)21/h3-4,8-9,14,16,19H,5-7,10-13H2,1-2H3. The van der Waals surface area contributed by atoms with Gasteiger partial charge in [0.05, 0.1) is 11.0 Å². The average molecular weight is 285 g/mol. The van der Waals surface area contributed by atoms with Crippen molar-refractivity contribution in [1.29, 1.82) is 0 Å². The molecule has 0 aliphatic heterocycles. The molecule has 114 valence electrons. The molecule has 1 aliphatic rings. The topological polar surface area (TPSA) is 29.9 Å². The van der Waals surface area contributed by atoms with E-state index in [1.807, 2.05) is 0 Å². The molecule has 1 aliphatic carbocycles. The van der Waals surface area contributed by atoms with Crippen LogP contribution in [0.3, 0.4) is 0 Å². The summed E-state index contributed by atoms with van der Waals surface area (Å²) in [5, 5.41) is 3.76. The lowest BCUT2D eigenvalue weighted by Crippen LogP contribution is -2.31. The molecule has 1 aromatic carbocycles. The summed E-state index contributed by atoms with van der Waals surface area (Å²) in [6, 6.07) is 9.14. The number of nitrogens with one attached hydrogen (secondary N) is 1. The van der Waals surface area contributed by atoms with Crippen LogP contribution in [0.5, 0.6) is 0 Å². The molecule has 1 N–H and O–H groups in total. The Labute approximate surface area is 127 Å². The molecule has 1 aromatic heterocycles. The van der Waals surface area contributed by atoms with Crippen molar-refractivity contribution < 1.29 is 0 Å². The van der Waals surface area contributed by atoms with Gasteiger partial charge >= 0.3 is 0 Å². The number of fused-ring (bicyclic) bond motifs is 1. The summed E-state index contributed by atoms with van der Waals surface area (Å²) in [4.78, 5) is 4.64. The third kappa shape index (κ3) is 3.46. The zero-order valence-corrected chi connectivity index (χ0v) is 13.3. The fraction of sp³-hybridized carbons (Fsp3) is 0.611. The Morgan fingerprint density at radius 3 is 2.95 bits per heavy atom. The van der Waals surface area contributed by atoms with Gasteiger partial charge < -0.3 is 9.88 Å². The Hall–Kier alpha value is -1.35. The van der Waals surface area contributed by atoms with Gasteiger partial charge in [0.25, 0.3) is 0 Å². The Balaban J connectivity index is 1.58. The van der Waals surface area contributed by atoms with Crippen molar-refractivity contribution in [3.05, 3.63) is 30.1 Å². The van der Waals surface area contributed by atoms with Gasteiger partial charge in [0.1, 0.15) is 5.82 Å². The Bertz CT molecular complexity index is 587. The van der Waals surface area contributed by atoms with E-state index in [0.29, 0.717) is 6.04 Å². The lowest BCUT2D eigenvalue weighted by atomic mass is 10.0. The fourth-order valence-electron chi connectivity index (χ4n) is 3.55. The minimum absolute atomic E-state index is 0.713. The summed E-state index contributed by atoms with van der Waals surface area (Å²) in [6.45, 7) is 6.55. The van der Waals surface area contributed by atoms with Crippen LogP contribution in [0.15, 0.2) is 24.3 Å². The molecule has 2 aromatic rings. The van der Waals surface area contributed by atoms with Gasteiger partial charge in [-0.25, -0.2) is 4.98 Å². The first-order valence-electron chi connectivity index (χ1n) is 8.39. The van der Waals surface area contributed by atoms with Crippen LogP contribution in [0, 0.1) is 12.8 Å². The van der Waals surface area contributed by atoms with Crippen molar-refractivity contribution in [3.63, 3.8) is 0 Å². The van der Waals surface area contributed by atoms with E-state index >= 15 is 0 Å². The maximum Gasteiger partial charge on any atom is 0.106 e. The van der Waals surface area contributed by atoms with Gasteiger partial charge in [-0.05, 0) is 44.2 Å². The SMILES string of the molecule is Cc1nc2ccccc2n1CCNC1CCCC(C)CC1. The van der Waals surface area contributed by atoms with Gasteiger partial charge in [-0.1, -0.05) is 31.9 Å². The van der Waals surface area contributed by atoms with E-state index in [0.717, 1.165) is 30.3 Å². The van der Waals surface area contributed by atoms with Crippen LogP contribution in [0.4, 0.5) is 0 Å². The number of aromatic nitrogens is 2. The summed E-state index contributed by atoms with van der Waals surface area (Å²) in [6.07, 6.45) is 6.85. The van der Waals surface area contributed by atoms with Gasteiger partial charge in [0.15, 0.2) is 0 Å². The minimum Gasteiger partial charge on any atom is -0.327 e. The van der Waals surface area contributed by atoms with Crippen LogP contribution in [-0.2, 0) is 6.54 Å². The van der Waals surface area contributed by atoms with Crippen LogP contribution >= 0.6 is 0 Å². The summed E-state index contributed by atoms with van der Waals surface area (Å²) in [5.74, 6) is 2.03. The lowest BCUT2D eigenvalue weighted by Gasteiger charge is -2.17. The highest BCUT2D eigenvalue weighted by molar-refractivity contribution is 5.75. The lowest BCUT2D eigenvalue weighted by molar-refractivity contribution is 0.436. The molecule has 0 radical (unpaired) electrons. The Morgan fingerprint density at radius 2 is 2.05 bits per heavy atom. The van der Waals surface area contributed by atoms with E-state index in [2.05, 4.69) is 53.0 Å². The summed E-state index contributed by atoms with van der Waals surface area (Å²) in [7, 11) is 0. The summed E-state index contributed by atoms with van der Waals surface area (Å²) >= 11 is 0. The van der Waals surface area contributed by atoms with E-state index < -0.39 is 0 Å². The molecular weight excluding hydrogens is 258 g/mol. The maximum absolute atomic E-state index is 4.64. The third-order valence-corrected chi connectivity index (χ3v) is 4.87. The second-order valence-electron chi connectivity index (χ2n) is 6.56. The highest BCUT2D eigenvalue weighted by Gasteiger charge is 2.15. The summed E-state index contributed by atoms with van der Waals surface area (Å²) < 4.78 is 2.33. The number of aryl methyl sites for hydroxylation is 1. The molecule has 3 heteroatoms. The highest BCUT2D eigenvalue weighted by atomic mass is 15.1.